The second-order valence-electron chi connectivity index (χ2n) is 5.72. The number of hydrogen-bond donors (Lipinski definition) is 1. The normalized spacial score (nSPS) is 11.4. The van der Waals surface area contributed by atoms with Crippen molar-refractivity contribution in [3.63, 3.8) is 0 Å². The molecule has 0 saturated heterocycles. The molecule has 4 aromatic rings. The third-order valence-electron chi connectivity index (χ3n) is 4.34. The highest BCUT2D eigenvalue weighted by Crippen LogP contribution is 2.32. The molecule has 0 aliphatic rings. The SMILES string of the molecule is Cc1c(-c2ccc3c(ccn3C)c2)nc2ccccc2c1N. The average Bonchev–Trinajstić information content (AvgIpc) is 2.91. The fraction of sp³-hybridized carbons (Fsp3) is 0.105. The molecule has 0 bridgehead atoms. The summed E-state index contributed by atoms with van der Waals surface area (Å²) in [5.41, 5.74) is 12.4. The molecule has 0 saturated carbocycles. The van der Waals surface area contributed by atoms with Crippen molar-refractivity contribution in [1.29, 1.82) is 0 Å². The van der Waals surface area contributed by atoms with Gasteiger partial charge in [0.2, 0.25) is 0 Å². The lowest BCUT2D eigenvalue weighted by Crippen LogP contribution is -1.98. The number of fused-ring (bicyclic) bond motifs is 2. The summed E-state index contributed by atoms with van der Waals surface area (Å²) in [6, 6.07) is 16.6. The lowest BCUT2D eigenvalue weighted by atomic mass is 10.0. The van der Waals surface area contributed by atoms with E-state index in [1.165, 1.54) is 10.9 Å². The van der Waals surface area contributed by atoms with Crippen molar-refractivity contribution in [2.45, 2.75) is 6.92 Å². The van der Waals surface area contributed by atoms with E-state index >= 15 is 0 Å². The third kappa shape index (κ3) is 1.79. The zero-order valence-corrected chi connectivity index (χ0v) is 12.7. The highest BCUT2D eigenvalue weighted by molar-refractivity contribution is 5.96. The van der Waals surface area contributed by atoms with Gasteiger partial charge in [-0.1, -0.05) is 24.3 Å². The van der Waals surface area contributed by atoms with Gasteiger partial charge in [-0.25, -0.2) is 4.98 Å². The van der Waals surface area contributed by atoms with Crippen molar-refractivity contribution in [2.75, 3.05) is 5.73 Å². The minimum absolute atomic E-state index is 0.814. The van der Waals surface area contributed by atoms with E-state index in [1.54, 1.807) is 0 Å². The lowest BCUT2D eigenvalue weighted by molar-refractivity contribution is 0.969. The Morgan fingerprint density at radius 2 is 1.86 bits per heavy atom. The van der Waals surface area contributed by atoms with Crippen LogP contribution in [0.4, 0.5) is 5.69 Å². The number of para-hydroxylation sites is 1. The van der Waals surface area contributed by atoms with Gasteiger partial charge in [0.1, 0.15) is 0 Å². The summed E-state index contributed by atoms with van der Waals surface area (Å²) in [5, 5.41) is 2.23. The van der Waals surface area contributed by atoms with E-state index in [4.69, 9.17) is 10.7 Å². The molecule has 0 atom stereocenters. The van der Waals surface area contributed by atoms with Crippen LogP contribution in [0.25, 0.3) is 33.1 Å². The van der Waals surface area contributed by atoms with Crippen LogP contribution in [0.5, 0.6) is 0 Å². The molecule has 0 aliphatic carbocycles. The molecular formula is C19H17N3. The van der Waals surface area contributed by atoms with Gasteiger partial charge in [-0.3, -0.25) is 0 Å². The Hall–Kier alpha value is -2.81. The maximum absolute atomic E-state index is 6.33. The Morgan fingerprint density at radius 1 is 1.05 bits per heavy atom. The molecule has 2 N–H and O–H groups in total. The highest BCUT2D eigenvalue weighted by atomic mass is 14.9. The lowest BCUT2D eigenvalue weighted by Gasteiger charge is -2.11. The second kappa shape index (κ2) is 4.60. The minimum Gasteiger partial charge on any atom is -0.398 e. The van der Waals surface area contributed by atoms with E-state index in [2.05, 4.69) is 42.1 Å². The quantitative estimate of drug-likeness (QED) is 0.567. The molecular weight excluding hydrogens is 270 g/mol. The summed E-state index contributed by atoms with van der Waals surface area (Å²) in [7, 11) is 2.06. The number of nitrogens with two attached hydrogens (primary N) is 1. The van der Waals surface area contributed by atoms with Crippen LogP contribution < -0.4 is 5.73 Å². The maximum atomic E-state index is 6.33. The molecule has 3 nitrogen and oxygen atoms in total. The van der Waals surface area contributed by atoms with E-state index in [1.807, 2.05) is 31.2 Å². The Morgan fingerprint density at radius 3 is 2.73 bits per heavy atom. The molecule has 22 heavy (non-hydrogen) atoms. The van der Waals surface area contributed by atoms with Crippen molar-refractivity contribution < 1.29 is 0 Å². The number of aryl methyl sites for hydroxylation is 1. The van der Waals surface area contributed by atoms with Gasteiger partial charge in [-0.15, -0.1) is 0 Å². The number of aromatic nitrogens is 2. The first-order chi connectivity index (χ1) is 10.6. The maximum Gasteiger partial charge on any atom is 0.0759 e. The van der Waals surface area contributed by atoms with E-state index < -0.39 is 0 Å². The van der Waals surface area contributed by atoms with Crippen LogP contribution in [0.1, 0.15) is 5.56 Å². The smallest absolute Gasteiger partial charge is 0.0759 e. The molecule has 2 heterocycles. The summed E-state index contributed by atoms with van der Waals surface area (Å²) in [4.78, 5) is 4.83. The van der Waals surface area contributed by atoms with Crippen molar-refractivity contribution in [1.82, 2.24) is 9.55 Å². The summed E-state index contributed by atoms with van der Waals surface area (Å²) >= 11 is 0. The van der Waals surface area contributed by atoms with Gasteiger partial charge in [0.05, 0.1) is 11.2 Å². The molecule has 0 aliphatic heterocycles. The van der Waals surface area contributed by atoms with Crippen molar-refractivity contribution in [3.05, 3.63) is 60.3 Å². The zero-order valence-electron chi connectivity index (χ0n) is 12.7. The fourth-order valence-corrected chi connectivity index (χ4v) is 3.04. The van der Waals surface area contributed by atoms with Gasteiger partial charge in [-0.05, 0) is 36.8 Å². The number of nitrogens with zero attached hydrogens (tertiary/aromatic N) is 2. The summed E-state index contributed by atoms with van der Waals surface area (Å²) < 4.78 is 2.12. The number of rotatable bonds is 1. The molecule has 0 radical (unpaired) electrons. The van der Waals surface area contributed by atoms with Gasteiger partial charge in [0.15, 0.2) is 0 Å². The number of benzene rings is 2. The van der Waals surface area contributed by atoms with Crippen molar-refractivity contribution in [3.8, 4) is 11.3 Å². The van der Waals surface area contributed by atoms with Gasteiger partial charge in [0.25, 0.3) is 0 Å². The highest BCUT2D eigenvalue weighted by Gasteiger charge is 2.11. The van der Waals surface area contributed by atoms with Gasteiger partial charge >= 0.3 is 0 Å². The molecule has 2 aromatic heterocycles. The monoisotopic (exact) mass is 287 g/mol. The van der Waals surface area contributed by atoms with E-state index in [9.17, 15) is 0 Å². The molecule has 0 fully saturated rings. The van der Waals surface area contributed by atoms with E-state index in [0.717, 1.165) is 33.4 Å². The molecule has 4 rings (SSSR count). The van der Waals surface area contributed by atoms with Gasteiger partial charge in [-0.2, -0.15) is 0 Å². The summed E-state index contributed by atoms with van der Waals surface area (Å²) in [6.45, 7) is 2.04. The van der Waals surface area contributed by atoms with Crippen molar-refractivity contribution in [2.24, 2.45) is 7.05 Å². The number of pyridine rings is 1. The largest absolute Gasteiger partial charge is 0.398 e. The van der Waals surface area contributed by atoms with E-state index in [0.29, 0.717) is 0 Å². The fourth-order valence-electron chi connectivity index (χ4n) is 3.04. The predicted octanol–water partition coefficient (Wildman–Crippen LogP) is 4.28. The standard InChI is InChI=1S/C19H17N3/c1-12-18(20)15-5-3-4-6-16(15)21-19(12)14-7-8-17-13(11-14)9-10-22(17)2/h3-11H,1-2H3,(H2,20,21). The topological polar surface area (TPSA) is 43.8 Å². The van der Waals surface area contributed by atoms with Crippen molar-refractivity contribution >= 4 is 27.5 Å². The second-order valence-corrected chi connectivity index (χ2v) is 5.72. The minimum atomic E-state index is 0.814. The third-order valence-corrected chi connectivity index (χ3v) is 4.34. The molecule has 0 spiro atoms. The van der Waals surface area contributed by atoms with Crippen LogP contribution in [-0.2, 0) is 7.05 Å². The van der Waals surface area contributed by atoms with Crippen LogP contribution in [-0.4, -0.2) is 9.55 Å². The zero-order chi connectivity index (χ0) is 15.3. The Balaban J connectivity index is 2.00. The molecule has 108 valence electrons. The Bertz CT molecular complexity index is 1010. The van der Waals surface area contributed by atoms with Crippen LogP contribution in [0, 0.1) is 6.92 Å². The first-order valence-electron chi connectivity index (χ1n) is 7.35. The van der Waals surface area contributed by atoms with Crippen LogP contribution >= 0.6 is 0 Å². The predicted molar refractivity (Wildman–Crippen MR) is 92.8 cm³/mol. The average molecular weight is 287 g/mol. The number of hydrogen-bond acceptors (Lipinski definition) is 2. The Kier molecular flexibility index (Phi) is 2.70. The summed E-state index contributed by atoms with van der Waals surface area (Å²) in [5.74, 6) is 0. The van der Waals surface area contributed by atoms with E-state index in [-0.39, 0.29) is 0 Å². The van der Waals surface area contributed by atoms with Crippen LogP contribution in [0.2, 0.25) is 0 Å². The molecule has 3 heteroatoms. The van der Waals surface area contributed by atoms with Gasteiger partial charge < -0.3 is 10.3 Å². The van der Waals surface area contributed by atoms with Crippen LogP contribution in [0.15, 0.2) is 54.7 Å². The molecule has 0 amide bonds. The number of nitrogen functional groups attached to an aromatic ring is 1. The Labute approximate surface area is 129 Å². The first-order valence-corrected chi connectivity index (χ1v) is 7.35. The number of anilines is 1. The summed E-state index contributed by atoms with van der Waals surface area (Å²) in [6.07, 6.45) is 2.07. The molecule has 0 unspecified atom stereocenters. The van der Waals surface area contributed by atoms with Gasteiger partial charge in [0, 0.05) is 40.8 Å². The van der Waals surface area contributed by atoms with Crippen LogP contribution in [0.3, 0.4) is 0 Å². The first kappa shape index (κ1) is 12.9. The molecule has 2 aromatic carbocycles.